The van der Waals surface area contributed by atoms with Crippen LogP contribution < -0.4 is 10.1 Å². The Morgan fingerprint density at radius 3 is 3.00 bits per heavy atom. The Morgan fingerprint density at radius 2 is 2.33 bits per heavy atom. The number of rotatable bonds is 3. The smallest absolute Gasteiger partial charge is 0.232 e. The van der Waals surface area contributed by atoms with E-state index in [-0.39, 0.29) is 6.10 Å². The predicted molar refractivity (Wildman–Crippen MR) is 58.0 cm³/mol. The zero-order valence-corrected chi connectivity index (χ0v) is 9.23. The summed E-state index contributed by atoms with van der Waals surface area (Å²) in [5.41, 5.74) is 0.985. The molecule has 0 bridgehead atoms. The molecule has 1 aliphatic rings. The zero-order valence-electron chi connectivity index (χ0n) is 9.23. The van der Waals surface area contributed by atoms with Gasteiger partial charge in [0.25, 0.3) is 0 Å². The average molecular weight is 207 g/mol. The molecule has 1 fully saturated rings. The van der Waals surface area contributed by atoms with E-state index in [4.69, 9.17) is 4.74 Å². The Hall–Kier alpha value is -1.16. The van der Waals surface area contributed by atoms with E-state index in [1.54, 1.807) is 12.4 Å². The third-order valence-corrected chi connectivity index (χ3v) is 2.53. The fraction of sp³-hybridized carbons (Fsp3) is 0.636. The third kappa shape index (κ3) is 2.65. The molecule has 4 heteroatoms. The first kappa shape index (κ1) is 10.4. The molecule has 1 saturated heterocycles. The van der Waals surface area contributed by atoms with Crippen LogP contribution in [0.5, 0.6) is 5.88 Å². The van der Waals surface area contributed by atoms with Crippen molar-refractivity contribution >= 4 is 0 Å². The number of ether oxygens (including phenoxy) is 1. The van der Waals surface area contributed by atoms with Crippen LogP contribution in [0.1, 0.15) is 31.9 Å². The summed E-state index contributed by atoms with van der Waals surface area (Å²) in [6, 6.07) is 0. The van der Waals surface area contributed by atoms with Gasteiger partial charge in [-0.1, -0.05) is 13.8 Å². The average Bonchev–Trinajstić information content (AvgIpc) is 2.71. The second-order valence-electron chi connectivity index (χ2n) is 4.17. The fourth-order valence-electron chi connectivity index (χ4n) is 1.60. The molecule has 0 aromatic carbocycles. The molecule has 15 heavy (non-hydrogen) atoms. The minimum absolute atomic E-state index is 0.252. The van der Waals surface area contributed by atoms with Gasteiger partial charge in [0.05, 0.1) is 11.9 Å². The quantitative estimate of drug-likeness (QED) is 0.812. The topological polar surface area (TPSA) is 47.0 Å². The highest BCUT2D eigenvalue weighted by atomic mass is 16.5. The van der Waals surface area contributed by atoms with Gasteiger partial charge < -0.3 is 10.1 Å². The van der Waals surface area contributed by atoms with Crippen molar-refractivity contribution < 1.29 is 4.74 Å². The predicted octanol–water partition coefficient (Wildman–Crippen LogP) is 1.34. The minimum atomic E-state index is 0.252. The molecular formula is C11H17N3O. The van der Waals surface area contributed by atoms with Crippen molar-refractivity contribution in [2.24, 2.45) is 0 Å². The van der Waals surface area contributed by atoms with Gasteiger partial charge in [-0.15, -0.1) is 0 Å². The molecule has 1 aromatic rings. The van der Waals surface area contributed by atoms with E-state index in [2.05, 4.69) is 29.1 Å². The van der Waals surface area contributed by atoms with Crippen molar-refractivity contribution in [1.29, 1.82) is 0 Å². The molecule has 1 N–H and O–H groups in total. The number of hydrogen-bond donors (Lipinski definition) is 1. The van der Waals surface area contributed by atoms with E-state index in [1.807, 2.05) is 0 Å². The van der Waals surface area contributed by atoms with Gasteiger partial charge in [-0.25, -0.2) is 4.98 Å². The van der Waals surface area contributed by atoms with Gasteiger partial charge in [0.2, 0.25) is 5.88 Å². The van der Waals surface area contributed by atoms with E-state index < -0.39 is 0 Å². The van der Waals surface area contributed by atoms with Crippen LogP contribution in [-0.4, -0.2) is 29.2 Å². The lowest BCUT2D eigenvalue weighted by Crippen LogP contribution is -2.20. The van der Waals surface area contributed by atoms with Gasteiger partial charge in [-0.3, -0.25) is 4.98 Å². The van der Waals surface area contributed by atoms with Gasteiger partial charge in [0.15, 0.2) is 0 Å². The fourth-order valence-corrected chi connectivity index (χ4v) is 1.60. The first-order valence-corrected chi connectivity index (χ1v) is 5.45. The summed E-state index contributed by atoms with van der Waals surface area (Å²) >= 11 is 0. The number of nitrogens with one attached hydrogen (secondary N) is 1. The van der Waals surface area contributed by atoms with Crippen LogP contribution in [-0.2, 0) is 0 Å². The molecule has 0 aliphatic carbocycles. The van der Waals surface area contributed by atoms with Gasteiger partial charge in [-0.2, -0.15) is 0 Å². The van der Waals surface area contributed by atoms with E-state index >= 15 is 0 Å². The Balaban J connectivity index is 2.04. The highest BCUT2D eigenvalue weighted by Crippen LogP contribution is 2.15. The number of nitrogens with zero attached hydrogens (tertiary/aromatic N) is 2. The van der Waals surface area contributed by atoms with Crippen molar-refractivity contribution in [1.82, 2.24) is 15.3 Å². The van der Waals surface area contributed by atoms with E-state index in [1.165, 1.54) is 0 Å². The van der Waals surface area contributed by atoms with Crippen molar-refractivity contribution in [2.45, 2.75) is 32.3 Å². The lowest BCUT2D eigenvalue weighted by Gasteiger charge is -2.12. The lowest BCUT2D eigenvalue weighted by molar-refractivity contribution is 0.212. The van der Waals surface area contributed by atoms with Crippen LogP contribution in [0.25, 0.3) is 0 Å². The van der Waals surface area contributed by atoms with Crippen LogP contribution in [0, 0.1) is 0 Å². The SMILES string of the molecule is CC(C)c1cncc(OC2CCNC2)n1. The molecule has 0 amide bonds. The summed E-state index contributed by atoms with van der Waals surface area (Å²) in [6.45, 7) is 6.14. The van der Waals surface area contributed by atoms with Crippen molar-refractivity contribution in [3.8, 4) is 5.88 Å². The maximum Gasteiger partial charge on any atom is 0.232 e. The summed E-state index contributed by atoms with van der Waals surface area (Å²) in [5, 5.41) is 3.26. The molecule has 1 unspecified atom stereocenters. The Bertz CT molecular complexity index is 321. The maximum absolute atomic E-state index is 5.73. The maximum atomic E-state index is 5.73. The Kier molecular flexibility index (Phi) is 3.16. The van der Waals surface area contributed by atoms with E-state index in [0.29, 0.717) is 11.8 Å². The molecule has 0 spiro atoms. The Labute approximate surface area is 90.1 Å². The number of aromatic nitrogens is 2. The Morgan fingerprint density at radius 1 is 1.47 bits per heavy atom. The van der Waals surface area contributed by atoms with Gasteiger partial charge in [0.1, 0.15) is 6.10 Å². The lowest BCUT2D eigenvalue weighted by atomic mass is 10.1. The van der Waals surface area contributed by atoms with E-state index in [0.717, 1.165) is 25.2 Å². The standard InChI is InChI=1S/C11H17N3O/c1-8(2)10-6-13-7-11(14-10)15-9-3-4-12-5-9/h6-9,12H,3-5H2,1-2H3. The van der Waals surface area contributed by atoms with Crippen LogP contribution in [0.15, 0.2) is 12.4 Å². The van der Waals surface area contributed by atoms with Crippen molar-refractivity contribution in [2.75, 3.05) is 13.1 Å². The molecule has 1 atom stereocenters. The minimum Gasteiger partial charge on any atom is -0.472 e. The third-order valence-electron chi connectivity index (χ3n) is 2.53. The summed E-state index contributed by atoms with van der Waals surface area (Å²) < 4.78 is 5.73. The van der Waals surface area contributed by atoms with E-state index in [9.17, 15) is 0 Å². The molecule has 82 valence electrons. The zero-order chi connectivity index (χ0) is 10.7. The molecule has 1 aromatic heterocycles. The molecule has 0 radical (unpaired) electrons. The largest absolute Gasteiger partial charge is 0.472 e. The normalized spacial score (nSPS) is 20.9. The summed E-state index contributed by atoms with van der Waals surface area (Å²) in [4.78, 5) is 8.56. The van der Waals surface area contributed by atoms with Gasteiger partial charge in [-0.05, 0) is 18.9 Å². The molecular weight excluding hydrogens is 190 g/mol. The van der Waals surface area contributed by atoms with Crippen LogP contribution in [0.4, 0.5) is 0 Å². The van der Waals surface area contributed by atoms with Gasteiger partial charge in [0, 0.05) is 12.7 Å². The number of hydrogen-bond acceptors (Lipinski definition) is 4. The molecule has 2 rings (SSSR count). The van der Waals surface area contributed by atoms with Crippen LogP contribution in [0.2, 0.25) is 0 Å². The summed E-state index contributed by atoms with van der Waals surface area (Å²) in [7, 11) is 0. The van der Waals surface area contributed by atoms with Crippen LogP contribution in [0.3, 0.4) is 0 Å². The van der Waals surface area contributed by atoms with Crippen molar-refractivity contribution in [3.05, 3.63) is 18.1 Å². The summed E-state index contributed by atoms with van der Waals surface area (Å²) in [5.74, 6) is 1.04. The second kappa shape index (κ2) is 4.57. The molecule has 2 heterocycles. The second-order valence-corrected chi connectivity index (χ2v) is 4.17. The van der Waals surface area contributed by atoms with Crippen molar-refractivity contribution in [3.63, 3.8) is 0 Å². The van der Waals surface area contributed by atoms with Gasteiger partial charge >= 0.3 is 0 Å². The molecule has 4 nitrogen and oxygen atoms in total. The summed E-state index contributed by atoms with van der Waals surface area (Å²) in [6.07, 6.45) is 4.78. The highest BCUT2D eigenvalue weighted by molar-refractivity contribution is 5.11. The molecule has 0 saturated carbocycles. The highest BCUT2D eigenvalue weighted by Gasteiger charge is 2.16. The monoisotopic (exact) mass is 207 g/mol. The van der Waals surface area contributed by atoms with Crippen LogP contribution >= 0.6 is 0 Å². The first-order chi connectivity index (χ1) is 7.25. The molecule has 1 aliphatic heterocycles. The first-order valence-electron chi connectivity index (χ1n) is 5.45.